The molecule has 4 N–H and O–H groups in total. The van der Waals surface area contributed by atoms with Crippen LogP contribution in [0.5, 0.6) is 11.5 Å². The van der Waals surface area contributed by atoms with Crippen molar-refractivity contribution >= 4 is 125 Å². The van der Waals surface area contributed by atoms with Crippen molar-refractivity contribution in [3.63, 3.8) is 0 Å². The Kier molecular flexibility index (Phi) is 13.2. The summed E-state index contributed by atoms with van der Waals surface area (Å²) >= 11 is 0. The summed E-state index contributed by atoms with van der Waals surface area (Å²) < 4.78 is 68.7. The van der Waals surface area contributed by atoms with E-state index in [9.17, 15) is 46.0 Å². The van der Waals surface area contributed by atoms with Crippen LogP contribution in [-0.2, 0) is 20.2 Å². The van der Waals surface area contributed by atoms with E-state index < -0.39 is 41.5 Å². The Labute approximate surface area is 351 Å². The third-order valence-corrected chi connectivity index (χ3v) is 9.53. The Morgan fingerprint density at radius 1 is 0.527 bits per heavy atom. The van der Waals surface area contributed by atoms with E-state index in [2.05, 4.69) is 20.5 Å². The van der Waals surface area contributed by atoms with Crippen LogP contribution in [0.2, 0.25) is 0 Å². The van der Waals surface area contributed by atoms with Gasteiger partial charge in [-0.2, -0.15) is 10.2 Å². The van der Waals surface area contributed by atoms with Crippen molar-refractivity contribution < 1.29 is 56.4 Å². The fourth-order valence-electron chi connectivity index (χ4n) is 5.20. The maximum Gasteiger partial charge on any atom is 2.00 e. The monoisotopic (exact) mass is 912 g/mol. The van der Waals surface area contributed by atoms with Crippen LogP contribution in [0.4, 0.5) is 34.1 Å². The molecule has 0 atom stereocenters. The van der Waals surface area contributed by atoms with Crippen molar-refractivity contribution in [2.75, 3.05) is 0 Å². The molecule has 0 spiro atoms. The predicted molar refractivity (Wildman–Crippen MR) is 194 cm³/mol. The molecule has 6 aromatic carbocycles. The van der Waals surface area contributed by atoms with Crippen LogP contribution in [0.3, 0.4) is 0 Å². The number of hydrogen-bond acceptors (Lipinski definition) is 14. The fraction of sp³-hybridized carbons (Fsp3) is 0.0588. The minimum Gasteiger partial charge on any atom is -0.744 e. The van der Waals surface area contributed by atoms with Crippen LogP contribution in [0.25, 0.3) is 21.5 Å². The zero-order chi connectivity index (χ0) is 39.5. The van der Waals surface area contributed by atoms with E-state index in [0.29, 0.717) is 22.5 Å². The number of phenols is 2. The van der Waals surface area contributed by atoms with Gasteiger partial charge in [-0.3, -0.25) is 0 Å². The average molecular weight is 912 g/mol. The zero-order valence-electron chi connectivity index (χ0n) is 28.5. The second kappa shape index (κ2) is 17.1. The summed E-state index contributed by atoms with van der Waals surface area (Å²) in [6.07, 6.45) is 0. The molecule has 0 aliphatic carbocycles. The SMILES string of the molecule is Cc1cc([N+](=O)O)ccc1N=Nc1c(O)cc(S(=O)(=O)[O-])c2ccccc12.Cc1cc([N+](=O)O)ccc1N=Nc1c(O)cc(S(=O)(=O)[O-])c2ccccc12.[Ba+2]. The van der Waals surface area contributed by atoms with Gasteiger partial charge in [-0.25, -0.2) is 27.3 Å². The normalized spacial score (nSPS) is 11.7. The van der Waals surface area contributed by atoms with Crippen molar-refractivity contribution in [3.05, 3.63) is 118 Å². The van der Waals surface area contributed by atoms with Gasteiger partial charge in [0, 0.05) is 57.9 Å². The number of azo groups is 2. The van der Waals surface area contributed by atoms with Gasteiger partial charge in [-0.05, 0) is 37.1 Å². The molecule has 0 fully saturated rings. The molecule has 0 saturated heterocycles. The minimum absolute atomic E-state index is 0. The van der Waals surface area contributed by atoms with Gasteiger partial charge < -0.3 is 19.3 Å². The standard InChI is InChI=1S/2C17H13N3O6S.Ba/c2*1-10-8-11(20(22)23)6-7-14(10)18-19-17-13-5-3-2-4-12(13)16(9-15(17)21)27(24,25)26;/h2*2-9H,1H3,(H2-,18,21,22,23,24,25,26);/q;;+2. The number of aromatic hydroxyl groups is 2. The number of nitrogens with zero attached hydrogens (tertiary/aromatic N) is 6. The van der Waals surface area contributed by atoms with E-state index >= 15 is 0 Å². The van der Waals surface area contributed by atoms with Crippen molar-refractivity contribution in [2.24, 2.45) is 20.5 Å². The van der Waals surface area contributed by atoms with Gasteiger partial charge >= 0.3 is 60.3 Å². The molecule has 0 aliphatic rings. The number of rotatable bonds is 8. The molecule has 18 nitrogen and oxygen atoms in total. The second-order valence-electron chi connectivity index (χ2n) is 11.4. The molecule has 0 heterocycles. The van der Waals surface area contributed by atoms with Crippen LogP contribution < -0.4 is 0 Å². The predicted octanol–water partition coefficient (Wildman–Crippen LogP) is 7.57. The molecule has 55 heavy (non-hydrogen) atoms. The molecule has 0 amide bonds. The molecule has 0 radical (unpaired) electrons. The number of benzene rings is 6. The van der Waals surface area contributed by atoms with Crippen LogP contribution in [0.15, 0.2) is 127 Å². The molecule has 276 valence electrons. The first-order valence-electron chi connectivity index (χ1n) is 15.1. The zero-order valence-corrected chi connectivity index (χ0v) is 34.6. The van der Waals surface area contributed by atoms with Gasteiger partial charge in [0.2, 0.25) is 0 Å². The van der Waals surface area contributed by atoms with Gasteiger partial charge in [0.1, 0.15) is 43.1 Å². The molecule has 0 saturated carbocycles. The van der Waals surface area contributed by atoms with Gasteiger partial charge in [-0.1, -0.05) is 48.5 Å². The number of phenolic OH excluding ortho intramolecular Hbond substituents is 2. The number of fused-ring (bicyclic) bond motifs is 2. The summed E-state index contributed by atoms with van der Waals surface area (Å²) in [6.45, 7) is 3.29. The van der Waals surface area contributed by atoms with Crippen LogP contribution in [-0.4, -0.2) is 105 Å². The van der Waals surface area contributed by atoms with Crippen molar-refractivity contribution in [2.45, 2.75) is 23.6 Å². The Morgan fingerprint density at radius 3 is 1.15 bits per heavy atom. The Hall–Kier alpha value is -5.17. The van der Waals surface area contributed by atoms with E-state index in [1.165, 1.54) is 60.7 Å². The Morgan fingerprint density at radius 2 is 0.855 bits per heavy atom. The molecule has 0 bridgehead atoms. The summed E-state index contributed by atoms with van der Waals surface area (Å²) in [4.78, 5) is 20.1. The third-order valence-electron chi connectivity index (χ3n) is 7.77. The molecule has 0 unspecified atom stereocenters. The first-order valence-corrected chi connectivity index (χ1v) is 18.0. The first kappa shape index (κ1) is 42.6. The van der Waals surface area contributed by atoms with Crippen molar-refractivity contribution in [1.82, 2.24) is 0 Å². The molecular weight excluding hydrogens is 886 g/mol. The Balaban J connectivity index is 0.000000240. The minimum atomic E-state index is -4.80. The molecule has 0 aliphatic heterocycles. The number of hydrogen-bond donors (Lipinski definition) is 4. The van der Waals surface area contributed by atoms with E-state index in [-0.39, 0.29) is 103 Å². The summed E-state index contributed by atoms with van der Waals surface area (Å²) in [7, 11) is -9.59. The fourth-order valence-corrected chi connectivity index (χ4v) is 6.61. The van der Waals surface area contributed by atoms with Crippen LogP contribution in [0, 0.1) is 23.7 Å². The summed E-state index contributed by atoms with van der Waals surface area (Å²) in [5.41, 5.74) is 1.83. The van der Waals surface area contributed by atoms with Crippen LogP contribution in [0.1, 0.15) is 11.1 Å². The van der Waals surface area contributed by atoms with Gasteiger partial charge in [0.15, 0.2) is 0 Å². The van der Waals surface area contributed by atoms with Crippen LogP contribution >= 0.6 is 0 Å². The molecule has 6 rings (SSSR count). The summed E-state index contributed by atoms with van der Waals surface area (Å²) in [5, 5.41) is 54.9. The largest absolute Gasteiger partial charge is 2.00 e. The van der Waals surface area contributed by atoms with Gasteiger partial charge in [0.05, 0.1) is 31.0 Å². The third kappa shape index (κ3) is 9.75. The van der Waals surface area contributed by atoms with Crippen molar-refractivity contribution in [3.8, 4) is 11.5 Å². The van der Waals surface area contributed by atoms with Gasteiger partial charge in [0.25, 0.3) is 9.85 Å². The number of aryl methyl sites for hydroxylation is 2. The average Bonchev–Trinajstić information content (AvgIpc) is 3.10. The molecule has 6 aromatic rings. The first-order chi connectivity index (χ1) is 25.4. The molecule has 0 aromatic heterocycles. The second-order valence-corrected chi connectivity index (χ2v) is 14.1. The summed E-state index contributed by atoms with van der Waals surface area (Å²) in [6, 6.07) is 22.2. The smallest absolute Gasteiger partial charge is 0.744 e. The van der Waals surface area contributed by atoms with E-state index in [1.54, 1.807) is 38.1 Å². The van der Waals surface area contributed by atoms with Crippen molar-refractivity contribution in [1.29, 1.82) is 0 Å². The molecule has 21 heteroatoms. The van der Waals surface area contributed by atoms with E-state index in [1.807, 2.05) is 0 Å². The molecular formula is C34H26BaN6O12S2+2. The van der Waals surface area contributed by atoms with E-state index in [0.717, 1.165) is 12.1 Å². The van der Waals surface area contributed by atoms with E-state index in [4.69, 9.17) is 10.4 Å². The maximum absolute atomic E-state index is 11.5. The summed E-state index contributed by atoms with van der Waals surface area (Å²) in [5.74, 6) is -1.02. The quantitative estimate of drug-likeness (QED) is 0.0498. The Bertz CT molecular complexity index is 2610. The van der Waals surface area contributed by atoms with Gasteiger partial charge in [-0.15, -0.1) is 10.2 Å². The maximum atomic E-state index is 11.5. The topological polar surface area (TPSA) is 285 Å².